The van der Waals surface area contributed by atoms with Crippen LogP contribution in [0.2, 0.25) is 5.02 Å². The van der Waals surface area contributed by atoms with E-state index in [1.54, 1.807) is 12.1 Å². The highest BCUT2D eigenvalue weighted by molar-refractivity contribution is 6.32. The van der Waals surface area contributed by atoms with E-state index in [2.05, 4.69) is 16.7 Å². The summed E-state index contributed by atoms with van der Waals surface area (Å²) in [6.45, 7) is 4.35. The fourth-order valence-electron chi connectivity index (χ4n) is 2.16. The maximum Gasteiger partial charge on any atom is 0.261 e. The molecule has 1 aromatic carbocycles. The number of ether oxygens (including phenoxy) is 1. The number of hydrogen-bond acceptors (Lipinski definition) is 3. The molecule has 1 aromatic rings. The van der Waals surface area contributed by atoms with E-state index in [-0.39, 0.29) is 5.91 Å². The summed E-state index contributed by atoms with van der Waals surface area (Å²) >= 11 is 6.06. The van der Waals surface area contributed by atoms with Crippen molar-refractivity contribution >= 4 is 17.5 Å². The Morgan fingerprint density at radius 3 is 2.95 bits per heavy atom. The van der Waals surface area contributed by atoms with Gasteiger partial charge in [0.1, 0.15) is 5.75 Å². The Kier molecular flexibility index (Phi) is 6.08. The molecule has 0 bridgehead atoms. The Morgan fingerprint density at radius 1 is 1.48 bits per heavy atom. The zero-order chi connectivity index (χ0) is 15.1. The lowest BCUT2D eigenvalue weighted by Gasteiger charge is -2.19. The molecular weight excluding hydrogens is 288 g/mol. The van der Waals surface area contributed by atoms with E-state index >= 15 is 0 Å². The van der Waals surface area contributed by atoms with Crippen molar-refractivity contribution in [3.05, 3.63) is 40.9 Å². The van der Waals surface area contributed by atoms with Gasteiger partial charge in [-0.15, -0.1) is 0 Å². The predicted octanol–water partition coefficient (Wildman–Crippen LogP) is 2.53. The molecule has 0 aromatic heterocycles. The Hall–Kier alpha value is -1.52. The fourth-order valence-corrected chi connectivity index (χ4v) is 2.34. The molecule has 2 N–H and O–H groups in total. The van der Waals surface area contributed by atoms with Crippen LogP contribution in [0.15, 0.2) is 35.9 Å². The van der Waals surface area contributed by atoms with E-state index in [1.807, 2.05) is 19.1 Å². The highest BCUT2D eigenvalue weighted by atomic mass is 35.5. The van der Waals surface area contributed by atoms with Crippen molar-refractivity contribution < 1.29 is 9.53 Å². The lowest BCUT2D eigenvalue weighted by Crippen LogP contribution is -2.39. The largest absolute Gasteiger partial charge is 0.479 e. The molecule has 0 aliphatic carbocycles. The summed E-state index contributed by atoms with van der Waals surface area (Å²) in [5, 5.41) is 6.71. The molecule has 21 heavy (non-hydrogen) atoms. The molecule has 0 spiro atoms. The van der Waals surface area contributed by atoms with Crippen LogP contribution in [-0.2, 0) is 4.79 Å². The Bertz CT molecular complexity index is 517. The molecular formula is C16H21ClN2O2. The third kappa shape index (κ3) is 4.76. The number of halogens is 1. The SMILES string of the molecule is CCC(Oc1ccccc1Cl)C(=O)NCC1=CCNCC1. The molecule has 114 valence electrons. The zero-order valence-corrected chi connectivity index (χ0v) is 13.0. The molecule has 1 heterocycles. The topological polar surface area (TPSA) is 50.4 Å². The number of para-hydroxylation sites is 1. The smallest absolute Gasteiger partial charge is 0.261 e. The molecule has 1 aliphatic heterocycles. The minimum absolute atomic E-state index is 0.100. The van der Waals surface area contributed by atoms with Crippen molar-refractivity contribution in [1.82, 2.24) is 10.6 Å². The Morgan fingerprint density at radius 2 is 2.29 bits per heavy atom. The van der Waals surface area contributed by atoms with Gasteiger partial charge in [0.05, 0.1) is 5.02 Å². The quantitative estimate of drug-likeness (QED) is 0.794. The lowest BCUT2D eigenvalue weighted by molar-refractivity contribution is -0.127. The van der Waals surface area contributed by atoms with E-state index in [4.69, 9.17) is 16.3 Å². The highest BCUT2D eigenvalue weighted by Gasteiger charge is 2.19. The van der Waals surface area contributed by atoms with Crippen molar-refractivity contribution in [3.8, 4) is 5.75 Å². The third-order valence-electron chi connectivity index (χ3n) is 3.42. The summed E-state index contributed by atoms with van der Waals surface area (Å²) in [4.78, 5) is 12.2. The first kappa shape index (κ1) is 15.9. The molecule has 1 aliphatic rings. The van der Waals surface area contributed by atoms with Gasteiger partial charge in [-0.2, -0.15) is 0 Å². The standard InChI is InChI=1S/C16H21ClN2O2/c1-2-14(21-15-6-4-3-5-13(15)17)16(20)19-11-12-7-9-18-10-8-12/h3-7,14,18H,2,8-11H2,1H3,(H,19,20). The molecule has 0 saturated heterocycles. The van der Waals surface area contributed by atoms with E-state index in [0.29, 0.717) is 23.7 Å². The fraction of sp³-hybridized carbons (Fsp3) is 0.438. The molecule has 1 atom stereocenters. The van der Waals surface area contributed by atoms with Crippen LogP contribution in [-0.4, -0.2) is 31.6 Å². The van der Waals surface area contributed by atoms with Gasteiger partial charge in [0.15, 0.2) is 6.10 Å². The summed E-state index contributed by atoms with van der Waals surface area (Å²) in [5.41, 5.74) is 1.26. The Labute approximate surface area is 130 Å². The van der Waals surface area contributed by atoms with Gasteiger partial charge in [0.25, 0.3) is 5.91 Å². The second kappa shape index (κ2) is 8.05. The number of nitrogens with one attached hydrogen (secondary N) is 2. The van der Waals surface area contributed by atoms with Gasteiger partial charge in [-0.25, -0.2) is 0 Å². The molecule has 2 rings (SSSR count). The van der Waals surface area contributed by atoms with Gasteiger partial charge in [-0.05, 0) is 31.5 Å². The van der Waals surface area contributed by atoms with E-state index in [9.17, 15) is 4.79 Å². The summed E-state index contributed by atoms with van der Waals surface area (Å²) in [6.07, 6.45) is 3.17. The normalized spacial score (nSPS) is 16.0. The number of hydrogen-bond donors (Lipinski definition) is 2. The number of rotatable bonds is 6. The van der Waals surface area contributed by atoms with E-state index in [0.717, 1.165) is 19.5 Å². The van der Waals surface area contributed by atoms with Gasteiger partial charge in [-0.3, -0.25) is 4.79 Å². The summed E-state index contributed by atoms with van der Waals surface area (Å²) in [6, 6.07) is 7.19. The van der Waals surface area contributed by atoms with Crippen LogP contribution in [0.5, 0.6) is 5.75 Å². The molecule has 0 saturated carbocycles. The summed E-state index contributed by atoms with van der Waals surface area (Å²) in [7, 11) is 0. The summed E-state index contributed by atoms with van der Waals surface area (Å²) in [5.74, 6) is 0.444. The molecule has 4 nitrogen and oxygen atoms in total. The monoisotopic (exact) mass is 308 g/mol. The number of benzene rings is 1. The first-order chi connectivity index (χ1) is 10.2. The zero-order valence-electron chi connectivity index (χ0n) is 12.2. The van der Waals surface area contributed by atoms with Crippen LogP contribution < -0.4 is 15.4 Å². The number of carbonyl (C=O) groups excluding carboxylic acids is 1. The third-order valence-corrected chi connectivity index (χ3v) is 3.73. The second-order valence-electron chi connectivity index (χ2n) is 4.98. The van der Waals surface area contributed by atoms with Crippen molar-refractivity contribution in [2.75, 3.05) is 19.6 Å². The average Bonchev–Trinajstić information content (AvgIpc) is 2.53. The van der Waals surface area contributed by atoms with Crippen LogP contribution >= 0.6 is 11.6 Å². The first-order valence-electron chi connectivity index (χ1n) is 7.28. The minimum atomic E-state index is -0.521. The second-order valence-corrected chi connectivity index (χ2v) is 5.39. The van der Waals surface area contributed by atoms with Crippen molar-refractivity contribution in [3.63, 3.8) is 0 Å². The maximum atomic E-state index is 12.2. The van der Waals surface area contributed by atoms with Crippen LogP contribution in [0, 0.1) is 0 Å². The number of amides is 1. The van der Waals surface area contributed by atoms with Gasteiger partial charge >= 0.3 is 0 Å². The average molecular weight is 309 g/mol. The van der Waals surface area contributed by atoms with Crippen LogP contribution in [0.1, 0.15) is 19.8 Å². The minimum Gasteiger partial charge on any atom is -0.479 e. The van der Waals surface area contributed by atoms with Gasteiger partial charge < -0.3 is 15.4 Å². The summed E-state index contributed by atoms with van der Waals surface area (Å²) < 4.78 is 5.72. The Balaban J connectivity index is 1.89. The first-order valence-corrected chi connectivity index (χ1v) is 7.66. The number of carbonyl (C=O) groups is 1. The predicted molar refractivity (Wildman–Crippen MR) is 84.7 cm³/mol. The van der Waals surface area contributed by atoms with Crippen LogP contribution in [0.4, 0.5) is 0 Å². The molecule has 1 amide bonds. The van der Waals surface area contributed by atoms with Crippen molar-refractivity contribution in [2.45, 2.75) is 25.9 Å². The van der Waals surface area contributed by atoms with E-state index < -0.39 is 6.10 Å². The maximum absolute atomic E-state index is 12.2. The molecule has 1 unspecified atom stereocenters. The molecule has 0 fully saturated rings. The highest BCUT2D eigenvalue weighted by Crippen LogP contribution is 2.24. The van der Waals surface area contributed by atoms with Crippen LogP contribution in [0.25, 0.3) is 0 Å². The van der Waals surface area contributed by atoms with Gasteiger partial charge in [0.2, 0.25) is 0 Å². The molecule has 5 heteroatoms. The van der Waals surface area contributed by atoms with E-state index in [1.165, 1.54) is 5.57 Å². The lowest BCUT2D eigenvalue weighted by atomic mass is 10.1. The van der Waals surface area contributed by atoms with Gasteiger partial charge in [0, 0.05) is 13.1 Å². The van der Waals surface area contributed by atoms with Crippen molar-refractivity contribution in [1.29, 1.82) is 0 Å². The van der Waals surface area contributed by atoms with Crippen LogP contribution in [0.3, 0.4) is 0 Å². The molecule has 0 radical (unpaired) electrons. The van der Waals surface area contributed by atoms with Crippen molar-refractivity contribution in [2.24, 2.45) is 0 Å². The van der Waals surface area contributed by atoms with Gasteiger partial charge in [-0.1, -0.05) is 42.3 Å².